The van der Waals surface area contributed by atoms with Crippen molar-refractivity contribution in [1.82, 2.24) is 0 Å². The Labute approximate surface area is 106 Å². The van der Waals surface area contributed by atoms with Gasteiger partial charge in [0.1, 0.15) is 5.82 Å². The Hall–Kier alpha value is -1.67. The normalized spacial score (nSPS) is 26.0. The third kappa shape index (κ3) is 2.16. The molecule has 0 aliphatic heterocycles. The molecule has 92 valence electrons. The third-order valence-corrected chi connectivity index (χ3v) is 3.77. The smallest absolute Gasteiger partial charge is 0.123 e. The highest BCUT2D eigenvalue weighted by Crippen LogP contribution is 2.51. The maximum absolute atomic E-state index is 12.9. The van der Waals surface area contributed by atoms with E-state index in [1.165, 1.54) is 17.7 Å². The number of halogens is 1. The maximum atomic E-state index is 12.9. The van der Waals surface area contributed by atoms with Gasteiger partial charge in [0.05, 0.1) is 0 Å². The molecule has 1 nitrogen and oxygen atoms in total. The van der Waals surface area contributed by atoms with Gasteiger partial charge in [0.15, 0.2) is 0 Å². The molecule has 0 amide bonds. The lowest BCUT2D eigenvalue weighted by molar-refractivity contribution is 0.623. The topological polar surface area (TPSA) is 26.0 Å². The molecule has 2 atom stereocenters. The molecule has 2 aromatic rings. The number of hydrogen-bond acceptors (Lipinski definition) is 1. The van der Waals surface area contributed by atoms with Gasteiger partial charge in [0.2, 0.25) is 0 Å². The van der Waals surface area contributed by atoms with Gasteiger partial charge in [-0.05, 0) is 36.1 Å². The predicted octanol–water partition coefficient (Wildman–Crippen LogP) is 3.25. The monoisotopic (exact) mass is 241 g/mol. The summed E-state index contributed by atoms with van der Waals surface area (Å²) in [6.07, 6.45) is 1.86. The molecule has 0 bridgehead atoms. The summed E-state index contributed by atoms with van der Waals surface area (Å²) in [6, 6.07) is 17.0. The van der Waals surface area contributed by atoms with Crippen LogP contribution in [0.5, 0.6) is 0 Å². The summed E-state index contributed by atoms with van der Waals surface area (Å²) < 4.78 is 12.9. The highest BCUT2D eigenvalue weighted by molar-refractivity contribution is 5.35. The van der Waals surface area contributed by atoms with Gasteiger partial charge in [0.25, 0.3) is 0 Å². The molecule has 1 aliphatic rings. The van der Waals surface area contributed by atoms with Crippen LogP contribution in [0.3, 0.4) is 0 Å². The second-order valence-electron chi connectivity index (χ2n) is 5.20. The SMILES string of the molecule is N[C@]1(Cc2ccccc2)C[C@@H]1c1ccc(F)cc1. The van der Waals surface area contributed by atoms with Crippen molar-refractivity contribution in [3.8, 4) is 0 Å². The molecule has 0 heterocycles. The summed E-state index contributed by atoms with van der Waals surface area (Å²) >= 11 is 0. The summed E-state index contributed by atoms with van der Waals surface area (Å²) in [5, 5.41) is 0. The molecule has 0 radical (unpaired) electrons. The average Bonchev–Trinajstić information content (AvgIpc) is 3.03. The van der Waals surface area contributed by atoms with Crippen molar-refractivity contribution in [3.05, 3.63) is 71.5 Å². The van der Waals surface area contributed by atoms with Gasteiger partial charge in [-0.3, -0.25) is 0 Å². The van der Waals surface area contributed by atoms with Crippen molar-refractivity contribution in [3.63, 3.8) is 0 Å². The minimum Gasteiger partial charge on any atom is -0.324 e. The molecule has 2 heteroatoms. The largest absolute Gasteiger partial charge is 0.324 e. The Bertz CT molecular complexity index is 535. The van der Waals surface area contributed by atoms with Crippen LogP contribution in [0.4, 0.5) is 4.39 Å². The second kappa shape index (κ2) is 4.21. The van der Waals surface area contributed by atoms with E-state index in [0.717, 1.165) is 18.4 Å². The minimum atomic E-state index is -0.190. The fourth-order valence-electron chi connectivity index (χ4n) is 2.64. The first kappa shape index (κ1) is 11.4. The molecule has 2 aromatic carbocycles. The van der Waals surface area contributed by atoms with Crippen molar-refractivity contribution < 1.29 is 4.39 Å². The van der Waals surface area contributed by atoms with E-state index < -0.39 is 0 Å². The quantitative estimate of drug-likeness (QED) is 0.877. The van der Waals surface area contributed by atoms with Crippen molar-refractivity contribution in [1.29, 1.82) is 0 Å². The van der Waals surface area contributed by atoms with Crippen LogP contribution in [0.25, 0.3) is 0 Å². The average molecular weight is 241 g/mol. The lowest BCUT2D eigenvalue weighted by Crippen LogP contribution is -2.27. The second-order valence-corrected chi connectivity index (χ2v) is 5.20. The Morgan fingerprint density at radius 1 is 1.06 bits per heavy atom. The van der Waals surface area contributed by atoms with E-state index in [4.69, 9.17) is 5.73 Å². The van der Waals surface area contributed by atoms with Crippen LogP contribution in [0.15, 0.2) is 54.6 Å². The molecule has 18 heavy (non-hydrogen) atoms. The Morgan fingerprint density at radius 2 is 1.72 bits per heavy atom. The summed E-state index contributed by atoms with van der Waals surface area (Å²) in [7, 11) is 0. The highest BCUT2D eigenvalue weighted by Gasteiger charge is 2.51. The molecule has 0 spiro atoms. The van der Waals surface area contributed by atoms with E-state index in [0.29, 0.717) is 5.92 Å². The Balaban J connectivity index is 1.74. The van der Waals surface area contributed by atoms with Gasteiger partial charge in [0, 0.05) is 11.5 Å². The lowest BCUT2D eigenvalue weighted by atomic mass is 10.00. The van der Waals surface area contributed by atoms with Crippen LogP contribution in [-0.2, 0) is 6.42 Å². The Morgan fingerprint density at radius 3 is 2.39 bits per heavy atom. The zero-order chi connectivity index (χ0) is 12.6. The molecular weight excluding hydrogens is 225 g/mol. The first-order valence-corrected chi connectivity index (χ1v) is 6.26. The summed E-state index contributed by atoms with van der Waals surface area (Å²) in [5.74, 6) is 0.170. The first-order chi connectivity index (χ1) is 8.67. The maximum Gasteiger partial charge on any atom is 0.123 e. The van der Waals surface area contributed by atoms with Crippen LogP contribution in [-0.4, -0.2) is 5.54 Å². The summed E-state index contributed by atoms with van der Waals surface area (Å²) in [6.45, 7) is 0. The van der Waals surface area contributed by atoms with Crippen LogP contribution < -0.4 is 5.73 Å². The number of benzene rings is 2. The standard InChI is InChI=1S/C16H16FN/c17-14-8-6-13(7-9-14)15-11-16(15,18)10-12-4-2-1-3-5-12/h1-9,15H,10-11,18H2/t15-,16-/m1/s1. The summed E-state index contributed by atoms with van der Waals surface area (Å²) in [5.41, 5.74) is 8.66. The zero-order valence-electron chi connectivity index (χ0n) is 10.1. The van der Waals surface area contributed by atoms with E-state index in [-0.39, 0.29) is 11.4 Å². The van der Waals surface area contributed by atoms with E-state index in [1.54, 1.807) is 0 Å². The van der Waals surface area contributed by atoms with Crippen LogP contribution in [0, 0.1) is 5.82 Å². The van der Waals surface area contributed by atoms with Gasteiger partial charge < -0.3 is 5.73 Å². The van der Waals surface area contributed by atoms with Crippen LogP contribution in [0.1, 0.15) is 23.5 Å². The first-order valence-electron chi connectivity index (χ1n) is 6.26. The van der Waals surface area contributed by atoms with E-state index in [9.17, 15) is 4.39 Å². The summed E-state index contributed by atoms with van der Waals surface area (Å²) in [4.78, 5) is 0. The molecule has 1 fully saturated rings. The van der Waals surface area contributed by atoms with Crippen LogP contribution >= 0.6 is 0 Å². The van der Waals surface area contributed by atoms with Gasteiger partial charge in [-0.2, -0.15) is 0 Å². The van der Waals surface area contributed by atoms with Gasteiger partial charge in [-0.15, -0.1) is 0 Å². The number of hydrogen-bond donors (Lipinski definition) is 1. The van der Waals surface area contributed by atoms with Crippen LogP contribution in [0.2, 0.25) is 0 Å². The predicted molar refractivity (Wildman–Crippen MR) is 70.8 cm³/mol. The van der Waals surface area contributed by atoms with Crippen molar-refractivity contribution >= 4 is 0 Å². The van der Waals surface area contributed by atoms with Crippen molar-refractivity contribution in [2.24, 2.45) is 5.73 Å². The van der Waals surface area contributed by atoms with E-state index in [2.05, 4.69) is 12.1 Å². The van der Waals surface area contributed by atoms with Crippen molar-refractivity contribution in [2.45, 2.75) is 24.3 Å². The molecule has 0 saturated heterocycles. The Kier molecular flexibility index (Phi) is 2.67. The van der Waals surface area contributed by atoms with E-state index in [1.807, 2.05) is 30.3 Å². The fourth-order valence-corrected chi connectivity index (χ4v) is 2.64. The fraction of sp³-hybridized carbons (Fsp3) is 0.250. The highest BCUT2D eigenvalue weighted by atomic mass is 19.1. The van der Waals surface area contributed by atoms with Gasteiger partial charge in [-0.25, -0.2) is 4.39 Å². The number of rotatable bonds is 3. The molecule has 3 rings (SSSR count). The lowest BCUT2D eigenvalue weighted by Gasteiger charge is -2.11. The molecule has 1 saturated carbocycles. The molecule has 0 aromatic heterocycles. The van der Waals surface area contributed by atoms with Crippen molar-refractivity contribution in [2.75, 3.05) is 0 Å². The number of nitrogens with two attached hydrogens (primary N) is 1. The van der Waals surface area contributed by atoms with Gasteiger partial charge >= 0.3 is 0 Å². The van der Waals surface area contributed by atoms with Gasteiger partial charge in [-0.1, -0.05) is 42.5 Å². The zero-order valence-corrected chi connectivity index (χ0v) is 10.1. The minimum absolute atomic E-state index is 0.154. The molecule has 0 unspecified atom stereocenters. The third-order valence-electron chi connectivity index (χ3n) is 3.77. The molecular formula is C16H16FN. The molecule has 1 aliphatic carbocycles. The molecule has 2 N–H and O–H groups in total. The van der Waals surface area contributed by atoms with E-state index >= 15 is 0 Å².